The maximum atomic E-state index is 13.0. The third-order valence-corrected chi connectivity index (χ3v) is 5.28. The monoisotopic (exact) mass is 491 g/mol. The molecule has 0 radical (unpaired) electrons. The summed E-state index contributed by atoms with van der Waals surface area (Å²) in [4.78, 5) is 16.9. The highest BCUT2D eigenvalue weighted by Gasteiger charge is 2.35. The molecule has 0 unspecified atom stereocenters. The topological polar surface area (TPSA) is 65.3 Å². The van der Waals surface area contributed by atoms with Crippen molar-refractivity contribution >= 4 is 51.9 Å². The van der Waals surface area contributed by atoms with E-state index < -0.39 is 24.2 Å². The number of nitrogens with zero attached hydrogens (tertiary/aromatic N) is 1. The van der Waals surface area contributed by atoms with Crippen LogP contribution in [0.5, 0.6) is 0 Å². The Labute approximate surface area is 198 Å². The number of aryl methyl sites for hydroxylation is 1. The van der Waals surface area contributed by atoms with Crippen LogP contribution in [-0.2, 0) is 0 Å². The molecule has 0 atom stereocenters. The number of carbonyl (C=O) groups is 1. The number of rotatable bonds is 6. The van der Waals surface area contributed by atoms with Crippen molar-refractivity contribution in [3.05, 3.63) is 93.5 Å². The number of para-hydroxylation sites is 1. The van der Waals surface area contributed by atoms with Gasteiger partial charge in [-0.3, -0.25) is 9.79 Å². The molecule has 3 rings (SSSR count). The zero-order valence-corrected chi connectivity index (χ0v) is 18.8. The van der Waals surface area contributed by atoms with Crippen molar-refractivity contribution in [2.24, 2.45) is 4.99 Å². The fourth-order valence-electron chi connectivity index (χ4n) is 2.90. The molecule has 0 bridgehead atoms. The van der Waals surface area contributed by atoms with Crippen LogP contribution in [0.4, 0.5) is 24.5 Å². The second-order valence-corrected chi connectivity index (χ2v) is 8.00. The molecule has 0 aliphatic rings. The zero-order chi connectivity index (χ0) is 24.2. The van der Waals surface area contributed by atoms with Crippen LogP contribution in [-0.4, -0.2) is 23.5 Å². The molecule has 0 saturated heterocycles. The highest BCUT2D eigenvalue weighted by Crippen LogP contribution is 2.27. The molecule has 4 nitrogen and oxygen atoms in total. The number of amides is 1. The molecule has 2 N–H and O–H groups in total. The van der Waals surface area contributed by atoms with Crippen LogP contribution in [0.3, 0.4) is 0 Å². The van der Waals surface area contributed by atoms with Crippen LogP contribution >= 0.6 is 23.2 Å². The van der Waals surface area contributed by atoms with E-state index in [-0.39, 0.29) is 16.4 Å². The van der Waals surface area contributed by atoms with Gasteiger partial charge in [-0.25, -0.2) is 0 Å². The fourth-order valence-corrected chi connectivity index (χ4v) is 3.25. The molecule has 0 fully saturated rings. The van der Waals surface area contributed by atoms with Crippen molar-refractivity contribution in [2.45, 2.75) is 19.5 Å². The molecular weight excluding hydrogens is 474 g/mol. The number of hydrogen-bond donors (Lipinski definition) is 2. The third kappa shape index (κ3) is 6.43. The standard InChI is InChI=1S/C24H18Cl2F3N3O/c1-14-6-11-17(25)12-20(14)32-23(33)16-9-7-15(8-10-16)21(13-22(30)24(27,28)29)31-19-5-3-2-4-18(19)26/h2-12,30H,13H2,1H3,(H,32,33). The predicted octanol–water partition coefficient (Wildman–Crippen LogP) is 7.65. The number of aliphatic imine (C=N–C) groups is 1. The van der Waals surface area contributed by atoms with E-state index in [4.69, 9.17) is 28.6 Å². The lowest BCUT2D eigenvalue weighted by atomic mass is 10.0. The van der Waals surface area contributed by atoms with Crippen LogP contribution in [0, 0.1) is 12.3 Å². The lowest BCUT2D eigenvalue weighted by molar-refractivity contribution is -0.0605. The largest absolute Gasteiger partial charge is 0.429 e. The molecule has 0 aromatic heterocycles. The van der Waals surface area contributed by atoms with Crippen molar-refractivity contribution in [3.63, 3.8) is 0 Å². The highest BCUT2D eigenvalue weighted by atomic mass is 35.5. The fraction of sp³-hybridized carbons (Fsp3) is 0.125. The molecule has 0 saturated carbocycles. The Balaban J connectivity index is 1.90. The Morgan fingerprint density at radius 2 is 1.64 bits per heavy atom. The summed E-state index contributed by atoms with van der Waals surface area (Å²) in [5, 5.41) is 10.9. The van der Waals surface area contributed by atoms with Crippen molar-refractivity contribution in [1.82, 2.24) is 0 Å². The molecule has 3 aromatic carbocycles. The quantitative estimate of drug-likeness (QED) is 0.341. The molecule has 0 spiro atoms. The molecule has 33 heavy (non-hydrogen) atoms. The van der Waals surface area contributed by atoms with E-state index in [1.54, 1.807) is 42.5 Å². The number of carbonyl (C=O) groups excluding carboxylic acids is 1. The summed E-state index contributed by atoms with van der Waals surface area (Å²) in [6, 6.07) is 17.5. The van der Waals surface area contributed by atoms with Crippen molar-refractivity contribution in [3.8, 4) is 0 Å². The zero-order valence-electron chi connectivity index (χ0n) is 17.3. The summed E-state index contributed by atoms with van der Waals surface area (Å²) in [6.07, 6.45) is -5.53. The first kappa shape index (κ1) is 24.5. The number of halogens is 5. The maximum absolute atomic E-state index is 13.0. The average Bonchev–Trinajstić information content (AvgIpc) is 2.76. The van der Waals surface area contributed by atoms with Crippen molar-refractivity contribution < 1.29 is 18.0 Å². The van der Waals surface area contributed by atoms with Gasteiger partial charge in [0, 0.05) is 22.7 Å². The van der Waals surface area contributed by atoms with E-state index >= 15 is 0 Å². The first-order valence-corrected chi connectivity index (χ1v) is 10.4. The van der Waals surface area contributed by atoms with Crippen molar-refractivity contribution in [1.29, 1.82) is 5.41 Å². The van der Waals surface area contributed by atoms with Crippen LogP contribution in [0.2, 0.25) is 10.0 Å². The van der Waals surface area contributed by atoms with Crippen LogP contribution in [0.25, 0.3) is 0 Å². The molecule has 170 valence electrons. The number of benzene rings is 3. The Bertz CT molecular complexity index is 1220. The van der Waals surface area contributed by atoms with Gasteiger partial charge in [-0.05, 0) is 54.4 Å². The third-order valence-electron chi connectivity index (χ3n) is 4.72. The Morgan fingerprint density at radius 3 is 2.27 bits per heavy atom. The molecule has 1 amide bonds. The van der Waals surface area contributed by atoms with Crippen LogP contribution in [0.1, 0.15) is 27.9 Å². The predicted molar refractivity (Wildman–Crippen MR) is 127 cm³/mol. The lowest BCUT2D eigenvalue weighted by Gasteiger charge is -2.13. The minimum absolute atomic E-state index is 0.00284. The Morgan fingerprint density at radius 1 is 1.00 bits per heavy atom. The minimum atomic E-state index is -4.78. The van der Waals surface area contributed by atoms with Crippen LogP contribution in [0.15, 0.2) is 71.7 Å². The Kier molecular flexibility index (Phi) is 7.56. The van der Waals surface area contributed by atoms with Gasteiger partial charge in [0.1, 0.15) is 5.71 Å². The molecular formula is C24H18Cl2F3N3O. The van der Waals surface area contributed by atoms with E-state index in [0.717, 1.165) is 5.56 Å². The van der Waals surface area contributed by atoms with Gasteiger partial charge in [-0.1, -0.05) is 53.5 Å². The van der Waals surface area contributed by atoms with E-state index in [2.05, 4.69) is 10.3 Å². The normalized spacial score (nSPS) is 11.9. The Hall–Kier alpha value is -3.16. The second kappa shape index (κ2) is 10.2. The van der Waals surface area contributed by atoms with Gasteiger partial charge in [0.15, 0.2) is 0 Å². The van der Waals surface area contributed by atoms with Gasteiger partial charge in [0.25, 0.3) is 5.91 Å². The molecule has 0 heterocycles. The van der Waals surface area contributed by atoms with E-state index in [1.165, 1.54) is 24.3 Å². The highest BCUT2D eigenvalue weighted by molar-refractivity contribution is 6.33. The van der Waals surface area contributed by atoms with Crippen molar-refractivity contribution in [2.75, 3.05) is 5.32 Å². The molecule has 3 aromatic rings. The number of nitrogens with one attached hydrogen (secondary N) is 2. The number of hydrogen-bond acceptors (Lipinski definition) is 3. The maximum Gasteiger partial charge on any atom is 0.429 e. The summed E-state index contributed by atoms with van der Waals surface area (Å²) in [5.74, 6) is -0.403. The first-order chi connectivity index (χ1) is 15.5. The number of anilines is 1. The summed E-state index contributed by atoms with van der Waals surface area (Å²) < 4.78 is 39.0. The van der Waals surface area contributed by atoms with Gasteiger partial charge in [0.2, 0.25) is 0 Å². The van der Waals surface area contributed by atoms with Gasteiger partial charge < -0.3 is 10.7 Å². The summed E-state index contributed by atoms with van der Waals surface area (Å²) >= 11 is 12.1. The molecule has 0 aliphatic carbocycles. The van der Waals surface area contributed by atoms with E-state index in [1.807, 2.05) is 6.92 Å². The summed E-state index contributed by atoms with van der Waals surface area (Å²) in [6.45, 7) is 1.82. The van der Waals surface area contributed by atoms with E-state index in [0.29, 0.717) is 21.8 Å². The molecule has 9 heteroatoms. The van der Waals surface area contributed by atoms with Gasteiger partial charge in [-0.15, -0.1) is 0 Å². The first-order valence-electron chi connectivity index (χ1n) is 9.69. The van der Waals surface area contributed by atoms with Gasteiger partial charge in [0.05, 0.1) is 16.4 Å². The van der Waals surface area contributed by atoms with Gasteiger partial charge >= 0.3 is 6.18 Å². The minimum Gasteiger partial charge on any atom is -0.322 e. The smallest absolute Gasteiger partial charge is 0.322 e. The SMILES string of the molecule is Cc1ccc(Cl)cc1NC(=O)c1ccc(C(CC(=N)C(F)(F)F)=Nc2ccccc2Cl)cc1. The molecule has 0 aliphatic heterocycles. The summed E-state index contributed by atoms with van der Waals surface area (Å²) in [7, 11) is 0. The second-order valence-electron chi connectivity index (χ2n) is 7.15. The van der Waals surface area contributed by atoms with E-state index in [9.17, 15) is 18.0 Å². The summed E-state index contributed by atoms with van der Waals surface area (Å²) in [5.41, 5.74) is 0.845. The average molecular weight is 492 g/mol. The number of alkyl halides is 3. The van der Waals surface area contributed by atoms with Crippen LogP contribution < -0.4 is 5.32 Å². The lowest BCUT2D eigenvalue weighted by Crippen LogP contribution is -2.25. The van der Waals surface area contributed by atoms with Gasteiger partial charge in [-0.2, -0.15) is 13.2 Å².